The molecule has 0 saturated heterocycles. The van der Waals surface area contributed by atoms with Gasteiger partial charge < -0.3 is 4.98 Å². The zero-order valence-corrected chi connectivity index (χ0v) is 7.15. The summed E-state index contributed by atoms with van der Waals surface area (Å²) in [4.78, 5) is 2.94. The van der Waals surface area contributed by atoms with Gasteiger partial charge in [-0.25, -0.2) is 4.39 Å². The largest absolute Gasteiger partial charge is 0.360 e. The van der Waals surface area contributed by atoms with Crippen molar-refractivity contribution >= 4 is 26.8 Å². The van der Waals surface area contributed by atoms with E-state index in [4.69, 9.17) is 0 Å². The first kappa shape index (κ1) is 6.85. The highest BCUT2D eigenvalue weighted by molar-refractivity contribution is 9.10. The predicted octanol–water partition coefficient (Wildman–Crippen LogP) is 3.07. The summed E-state index contributed by atoms with van der Waals surface area (Å²) in [6, 6.07) is 5.09. The van der Waals surface area contributed by atoms with Crippen molar-refractivity contribution < 1.29 is 4.39 Å². The van der Waals surface area contributed by atoms with Gasteiger partial charge in [0.15, 0.2) is 0 Å². The molecule has 0 saturated carbocycles. The molecule has 11 heavy (non-hydrogen) atoms. The third-order valence-corrected chi connectivity index (χ3v) is 2.39. The molecule has 0 aliphatic carbocycles. The van der Waals surface area contributed by atoms with Gasteiger partial charge in [0, 0.05) is 11.6 Å². The van der Waals surface area contributed by atoms with E-state index in [0.29, 0.717) is 4.47 Å². The normalized spacial score (nSPS) is 10.7. The van der Waals surface area contributed by atoms with Gasteiger partial charge in [-0.15, -0.1) is 0 Å². The van der Waals surface area contributed by atoms with Gasteiger partial charge >= 0.3 is 0 Å². The number of H-pyrrole nitrogens is 1. The molecule has 1 aromatic carbocycles. The molecule has 1 N–H and O–H groups in total. The van der Waals surface area contributed by atoms with Gasteiger partial charge in [0.25, 0.3) is 0 Å². The van der Waals surface area contributed by atoms with Crippen molar-refractivity contribution in [1.82, 2.24) is 4.98 Å². The number of halogens is 2. The van der Waals surface area contributed by atoms with Crippen LogP contribution in [0.3, 0.4) is 0 Å². The zero-order chi connectivity index (χ0) is 7.84. The Morgan fingerprint density at radius 3 is 2.91 bits per heavy atom. The van der Waals surface area contributed by atoms with Gasteiger partial charge in [-0.1, -0.05) is 0 Å². The number of rotatable bonds is 0. The second-order valence-electron chi connectivity index (χ2n) is 2.30. The average molecular weight is 214 g/mol. The maximum atomic E-state index is 12.9. The SMILES string of the molecule is Fc1ccc2cc[nH]c2c1Br. The molecule has 0 aliphatic heterocycles. The first-order chi connectivity index (χ1) is 5.29. The Balaban J connectivity index is 2.93. The van der Waals surface area contributed by atoms with E-state index < -0.39 is 0 Å². The van der Waals surface area contributed by atoms with E-state index in [1.807, 2.05) is 6.07 Å². The second kappa shape index (κ2) is 2.34. The lowest BCUT2D eigenvalue weighted by Gasteiger charge is -1.94. The molecular weight excluding hydrogens is 209 g/mol. The fourth-order valence-electron chi connectivity index (χ4n) is 1.07. The van der Waals surface area contributed by atoms with Gasteiger partial charge in [-0.2, -0.15) is 0 Å². The molecule has 0 fully saturated rings. The Kier molecular flexibility index (Phi) is 1.46. The maximum absolute atomic E-state index is 12.9. The molecule has 0 radical (unpaired) electrons. The third-order valence-electron chi connectivity index (χ3n) is 1.62. The summed E-state index contributed by atoms with van der Waals surface area (Å²) in [7, 11) is 0. The van der Waals surface area contributed by atoms with E-state index in [9.17, 15) is 4.39 Å². The molecule has 2 rings (SSSR count). The molecule has 0 spiro atoms. The average Bonchev–Trinajstić information content (AvgIpc) is 2.45. The monoisotopic (exact) mass is 213 g/mol. The van der Waals surface area contributed by atoms with E-state index in [1.54, 1.807) is 12.3 Å². The highest BCUT2D eigenvalue weighted by atomic mass is 79.9. The Bertz CT molecular complexity index is 394. The van der Waals surface area contributed by atoms with Gasteiger partial charge in [-0.3, -0.25) is 0 Å². The van der Waals surface area contributed by atoms with Crippen LogP contribution in [0.4, 0.5) is 4.39 Å². The lowest BCUT2D eigenvalue weighted by molar-refractivity contribution is 0.623. The van der Waals surface area contributed by atoms with Crippen LogP contribution in [-0.4, -0.2) is 4.98 Å². The van der Waals surface area contributed by atoms with Crippen LogP contribution in [0.25, 0.3) is 10.9 Å². The fourth-order valence-corrected chi connectivity index (χ4v) is 1.54. The Hall–Kier alpha value is -0.830. The Morgan fingerprint density at radius 2 is 2.09 bits per heavy atom. The molecule has 0 unspecified atom stereocenters. The lowest BCUT2D eigenvalue weighted by atomic mass is 10.2. The molecule has 2 aromatic rings. The van der Waals surface area contributed by atoms with E-state index in [0.717, 1.165) is 10.9 Å². The Morgan fingerprint density at radius 1 is 1.27 bits per heavy atom. The predicted molar refractivity (Wildman–Crippen MR) is 46.0 cm³/mol. The second-order valence-corrected chi connectivity index (χ2v) is 3.10. The molecule has 1 nitrogen and oxygen atoms in total. The smallest absolute Gasteiger partial charge is 0.139 e. The van der Waals surface area contributed by atoms with Crippen molar-refractivity contribution in [2.45, 2.75) is 0 Å². The Labute approximate surface area is 71.4 Å². The molecule has 0 bridgehead atoms. The zero-order valence-electron chi connectivity index (χ0n) is 5.57. The number of benzene rings is 1. The number of hydrogen-bond donors (Lipinski definition) is 1. The highest BCUT2D eigenvalue weighted by Gasteiger charge is 2.03. The minimum Gasteiger partial charge on any atom is -0.360 e. The molecule has 0 amide bonds. The van der Waals surface area contributed by atoms with Crippen molar-refractivity contribution in [2.75, 3.05) is 0 Å². The van der Waals surface area contributed by atoms with Crippen LogP contribution in [0.2, 0.25) is 0 Å². The summed E-state index contributed by atoms with van der Waals surface area (Å²) < 4.78 is 13.4. The molecule has 0 atom stereocenters. The van der Waals surface area contributed by atoms with Crippen LogP contribution in [0.15, 0.2) is 28.9 Å². The van der Waals surface area contributed by atoms with Crippen LogP contribution in [0.5, 0.6) is 0 Å². The number of fused-ring (bicyclic) bond motifs is 1. The minimum absolute atomic E-state index is 0.236. The third kappa shape index (κ3) is 0.959. The van der Waals surface area contributed by atoms with Crippen LogP contribution in [0.1, 0.15) is 0 Å². The number of aromatic nitrogens is 1. The summed E-state index contributed by atoms with van der Waals surface area (Å²) in [5, 5.41) is 1.01. The van der Waals surface area contributed by atoms with Gasteiger partial charge in [0.05, 0.1) is 9.99 Å². The fraction of sp³-hybridized carbons (Fsp3) is 0. The van der Waals surface area contributed by atoms with Crippen molar-refractivity contribution in [3.63, 3.8) is 0 Å². The topological polar surface area (TPSA) is 15.8 Å². The first-order valence-corrected chi connectivity index (χ1v) is 3.99. The van der Waals surface area contributed by atoms with Crippen molar-refractivity contribution in [2.24, 2.45) is 0 Å². The van der Waals surface area contributed by atoms with E-state index in [1.165, 1.54) is 6.07 Å². The standard InChI is InChI=1S/C8H5BrFN/c9-7-6(10)2-1-5-3-4-11-8(5)7/h1-4,11H. The summed E-state index contributed by atoms with van der Waals surface area (Å²) >= 11 is 3.15. The molecule has 1 heterocycles. The number of nitrogens with one attached hydrogen (secondary N) is 1. The summed E-state index contributed by atoms with van der Waals surface area (Å²) in [6.07, 6.45) is 1.79. The minimum atomic E-state index is -0.236. The van der Waals surface area contributed by atoms with Crippen LogP contribution in [-0.2, 0) is 0 Å². The van der Waals surface area contributed by atoms with E-state index in [2.05, 4.69) is 20.9 Å². The van der Waals surface area contributed by atoms with Crippen molar-refractivity contribution in [3.05, 3.63) is 34.7 Å². The van der Waals surface area contributed by atoms with Crippen LogP contribution >= 0.6 is 15.9 Å². The first-order valence-electron chi connectivity index (χ1n) is 3.20. The van der Waals surface area contributed by atoms with Crippen molar-refractivity contribution in [3.8, 4) is 0 Å². The van der Waals surface area contributed by atoms with Gasteiger partial charge in [0.2, 0.25) is 0 Å². The van der Waals surface area contributed by atoms with Crippen LogP contribution < -0.4 is 0 Å². The van der Waals surface area contributed by atoms with Gasteiger partial charge in [-0.05, 0) is 34.1 Å². The van der Waals surface area contributed by atoms with E-state index in [-0.39, 0.29) is 5.82 Å². The highest BCUT2D eigenvalue weighted by Crippen LogP contribution is 2.24. The lowest BCUT2D eigenvalue weighted by Crippen LogP contribution is -1.77. The number of hydrogen-bond acceptors (Lipinski definition) is 0. The summed E-state index contributed by atoms with van der Waals surface area (Å²) in [6.45, 7) is 0. The maximum Gasteiger partial charge on any atom is 0.139 e. The quantitative estimate of drug-likeness (QED) is 0.693. The summed E-state index contributed by atoms with van der Waals surface area (Å²) in [5.41, 5.74) is 0.810. The summed E-state index contributed by atoms with van der Waals surface area (Å²) in [5.74, 6) is -0.236. The van der Waals surface area contributed by atoms with Crippen molar-refractivity contribution in [1.29, 1.82) is 0 Å². The van der Waals surface area contributed by atoms with Crippen LogP contribution in [0, 0.1) is 5.82 Å². The molecule has 0 aliphatic rings. The molecular formula is C8H5BrFN. The molecule has 3 heteroatoms. The van der Waals surface area contributed by atoms with Gasteiger partial charge in [0.1, 0.15) is 5.82 Å². The molecule has 56 valence electrons. The van der Waals surface area contributed by atoms with E-state index >= 15 is 0 Å². The molecule has 1 aromatic heterocycles. The number of aromatic amines is 1.